The molecule has 0 amide bonds. The van der Waals surface area contributed by atoms with Crippen LogP contribution in [0.3, 0.4) is 0 Å². The molecule has 5 heteroatoms. The van der Waals surface area contributed by atoms with E-state index in [4.69, 9.17) is 16.6 Å². The second kappa shape index (κ2) is 8.75. The van der Waals surface area contributed by atoms with Crippen molar-refractivity contribution in [2.75, 3.05) is 31.5 Å². The number of hydrogen-bond acceptors (Lipinski definition) is 4. The summed E-state index contributed by atoms with van der Waals surface area (Å²) in [6, 6.07) is 16.8. The lowest BCUT2D eigenvalue weighted by molar-refractivity contribution is 0.337. The van der Waals surface area contributed by atoms with Crippen LogP contribution in [0.15, 0.2) is 54.7 Å². The Morgan fingerprint density at radius 1 is 1.03 bits per heavy atom. The fraction of sp³-hybridized carbons (Fsp3) is 0.360. The number of nitrogens with one attached hydrogen (secondary N) is 1. The topological polar surface area (TPSA) is 41.1 Å². The van der Waals surface area contributed by atoms with Gasteiger partial charge in [0.25, 0.3) is 0 Å². The van der Waals surface area contributed by atoms with Crippen LogP contribution in [0.5, 0.6) is 0 Å². The smallest absolute Gasteiger partial charge is 0.223 e. The molecule has 2 aliphatic rings. The minimum absolute atomic E-state index is 0.300. The zero-order chi connectivity index (χ0) is 20.3. The Labute approximate surface area is 183 Å². The van der Waals surface area contributed by atoms with E-state index in [9.17, 15) is 0 Å². The van der Waals surface area contributed by atoms with Gasteiger partial charge in [0, 0.05) is 29.2 Å². The Morgan fingerprint density at radius 3 is 2.67 bits per heavy atom. The molecule has 2 heterocycles. The minimum Gasteiger partial charge on any atom is -0.354 e. The van der Waals surface area contributed by atoms with Gasteiger partial charge < -0.3 is 10.2 Å². The fourth-order valence-electron chi connectivity index (χ4n) is 4.72. The van der Waals surface area contributed by atoms with E-state index >= 15 is 0 Å². The molecule has 1 aliphatic heterocycles. The standard InChI is InChI=1S/C25H27ClN4/c26-20-10-8-18(9-11-20)23-16-19-17-28-25(27-12-5-15-30-13-3-4-14-30)29-24(19)22-7-2-1-6-21(22)23/h1-2,6-11,17,23H,3-5,12-16H2,(H,27,28,29). The molecule has 154 valence electrons. The van der Waals surface area contributed by atoms with Crippen LogP contribution in [0.4, 0.5) is 5.95 Å². The molecule has 0 radical (unpaired) electrons. The van der Waals surface area contributed by atoms with E-state index in [2.05, 4.69) is 51.6 Å². The predicted octanol–water partition coefficient (Wildman–Crippen LogP) is 5.38. The van der Waals surface area contributed by atoms with Crippen LogP contribution in [-0.4, -0.2) is 41.0 Å². The molecule has 30 heavy (non-hydrogen) atoms. The summed E-state index contributed by atoms with van der Waals surface area (Å²) in [5.74, 6) is 1.03. The number of fused-ring (bicyclic) bond motifs is 3. The summed E-state index contributed by atoms with van der Waals surface area (Å²) in [6.07, 6.45) is 6.72. The molecule has 1 saturated heterocycles. The van der Waals surface area contributed by atoms with Gasteiger partial charge in [-0.3, -0.25) is 0 Å². The molecule has 1 aromatic heterocycles. The van der Waals surface area contributed by atoms with Crippen molar-refractivity contribution in [1.82, 2.24) is 14.9 Å². The monoisotopic (exact) mass is 418 g/mol. The highest BCUT2D eigenvalue weighted by Gasteiger charge is 2.27. The maximum Gasteiger partial charge on any atom is 0.223 e. The van der Waals surface area contributed by atoms with Gasteiger partial charge in [-0.25, -0.2) is 9.97 Å². The highest BCUT2D eigenvalue weighted by atomic mass is 35.5. The highest BCUT2D eigenvalue weighted by molar-refractivity contribution is 6.30. The largest absolute Gasteiger partial charge is 0.354 e. The van der Waals surface area contributed by atoms with E-state index in [1.165, 1.54) is 48.2 Å². The Morgan fingerprint density at radius 2 is 1.83 bits per heavy atom. The molecular formula is C25H27ClN4. The SMILES string of the molecule is Clc1ccc(C2Cc3cnc(NCCCN4CCCC4)nc3-c3ccccc32)cc1. The van der Waals surface area contributed by atoms with Crippen molar-refractivity contribution in [1.29, 1.82) is 0 Å². The van der Waals surface area contributed by atoms with Gasteiger partial charge in [0.1, 0.15) is 0 Å². The van der Waals surface area contributed by atoms with Crippen molar-refractivity contribution in [2.24, 2.45) is 0 Å². The van der Waals surface area contributed by atoms with E-state index in [-0.39, 0.29) is 0 Å². The lowest BCUT2D eigenvalue weighted by Crippen LogP contribution is -2.22. The van der Waals surface area contributed by atoms with E-state index < -0.39 is 0 Å². The summed E-state index contributed by atoms with van der Waals surface area (Å²) in [7, 11) is 0. The van der Waals surface area contributed by atoms with Gasteiger partial charge in [-0.05, 0) is 74.1 Å². The number of anilines is 1. The van der Waals surface area contributed by atoms with E-state index in [1.54, 1.807) is 0 Å². The maximum atomic E-state index is 6.11. The molecule has 4 nitrogen and oxygen atoms in total. The fourth-order valence-corrected chi connectivity index (χ4v) is 4.85. The Balaban J connectivity index is 1.35. The third-order valence-electron chi connectivity index (χ3n) is 6.29. The zero-order valence-corrected chi connectivity index (χ0v) is 17.9. The van der Waals surface area contributed by atoms with E-state index in [1.807, 2.05) is 18.3 Å². The van der Waals surface area contributed by atoms with Gasteiger partial charge >= 0.3 is 0 Å². The first-order valence-corrected chi connectivity index (χ1v) is 11.3. The second-order valence-electron chi connectivity index (χ2n) is 8.29. The number of aromatic nitrogens is 2. The second-order valence-corrected chi connectivity index (χ2v) is 8.73. The Hall–Kier alpha value is -2.43. The van der Waals surface area contributed by atoms with Gasteiger partial charge in [0.2, 0.25) is 5.95 Å². The average molecular weight is 419 g/mol. The molecule has 1 unspecified atom stereocenters. The molecule has 3 aromatic rings. The summed E-state index contributed by atoms with van der Waals surface area (Å²) >= 11 is 6.11. The molecule has 2 aromatic carbocycles. The van der Waals surface area contributed by atoms with Crippen LogP contribution in [0.1, 0.15) is 41.9 Å². The lowest BCUT2D eigenvalue weighted by atomic mass is 9.78. The van der Waals surface area contributed by atoms with Crippen molar-refractivity contribution in [3.63, 3.8) is 0 Å². The quantitative estimate of drug-likeness (QED) is 0.545. The number of hydrogen-bond donors (Lipinski definition) is 1. The molecule has 1 fully saturated rings. The summed E-state index contributed by atoms with van der Waals surface area (Å²) < 4.78 is 0. The van der Waals surface area contributed by atoms with Crippen LogP contribution < -0.4 is 5.32 Å². The molecule has 1 N–H and O–H groups in total. The van der Waals surface area contributed by atoms with Crippen LogP contribution >= 0.6 is 11.6 Å². The first-order chi connectivity index (χ1) is 14.8. The molecule has 1 atom stereocenters. The Kier molecular flexibility index (Phi) is 5.69. The zero-order valence-electron chi connectivity index (χ0n) is 17.1. The third kappa shape index (κ3) is 4.07. The van der Waals surface area contributed by atoms with Crippen molar-refractivity contribution in [3.8, 4) is 11.3 Å². The number of benzene rings is 2. The lowest BCUT2D eigenvalue weighted by Gasteiger charge is -2.27. The number of nitrogens with zero attached hydrogens (tertiary/aromatic N) is 3. The summed E-state index contributed by atoms with van der Waals surface area (Å²) in [5, 5.41) is 4.21. The van der Waals surface area contributed by atoms with Crippen molar-refractivity contribution in [2.45, 2.75) is 31.6 Å². The van der Waals surface area contributed by atoms with Gasteiger partial charge in [0.15, 0.2) is 0 Å². The van der Waals surface area contributed by atoms with Crippen molar-refractivity contribution in [3.05, 3.63) is 76.4 Å². The predicted molar refractivity (Wildman–Crippen MR) is 123 cm³/mol. The van der Waals surface area contributed by atoms with Crippen LogP contribution in [0.25, 0.3) is 11.3 Å². The summed E-state index contributed by atoms with van der Waals surface area (Å²) in [6.45, 7) is 4.57. The third-order valence-corrected chi connectivity index (χ3v) is 6.54. The molecule has 1 aliphatic carbocycles. The van der Waals surface area contributed by atoms with E-state index in [0.717, 1.165) is 42.6 Å². The number of likely N-dealkylation sites (tertiary alicyclic amines) is 1. The number of halogens is 1. The molecule has 0 bridgehead atoms. The van der Waals surface area contributed by atoms with Crippen molar-refractivity contribution >= 4 is 17.5 Å². The molecule has 5 rings (SSSR count). The van der Waals surface area contributed by atoms with Gasteiger partial charge in [-0.2, -0.15) is 0 Å². The number of rotatable bonds is 6. The normalized spacial score (nSPS) is 18.1. The molecular weight excluding hydrogens is 392 g/mol. The first kappa shape index (κ1) is 19.5. The Bertz CT molecular complexity index is 1010. The summed E-state index contributed by atoms with van der Waals surface area (Å²) in [5.41, 5.74) is 6.08. The van der Waals surface area contributed by atoms with E-state index in [0.29, 0.717) is 5.92 Å². The minimum atomic E-state index is 0.300. The van der Waals surface area contributed by atoms with Crippen LogP contribution in [0, 0.1) is 0 Å². The molecule has 0 saturated carbocycles. The van der Waals surface area contributed by atoms with Crippen LogP contribution in [-0.2, 0) is 6.42 Å². The van der Waals surface area contributed by atoms with Crippen LogP contribution in [0.2, 0.25) is 5.02 Å². The summed E-state index contributed by atoms with van der Waals surface area (Å²) in [4.78, 5) is 12.1. The van der Waals surface area contributed by atoms with Gasteiger partial charge in [-0.15, -0.1) is 0 Å². The molecule has 0 spiro atoms. The van der Waals surface area contributed by atoms with Gasteiger partial charge in [0.05, 0.1) is 5.69 Å². The highest BCUT2D eigenvalue weighted by Crippen LogP contribution is 2.41. The maximum absolute atomic E-state index is 6.11. The average Bonchev–Trinajstić information content (AvgIpc) is 3.30. The van der Waals surface area contributed by atoms with Crippen molar-refractivity contribution < 1.29 is 0 Å². The first-order valence-electron chi connectivity index (χ1n) is 10.9. The van der Waals surface area contributed by atoms with Gasteiger partial charge in [-0.1, -0.05) is 48.0 Å².